The molecule has 1 unspecified atom stereocenters. The van der Waals surface area contributed by atoms with Crippen LogP contribution in [0.15, 0.2) is 30.3 Å². The second kappa shape index (κ2) is 10.0. The van der Waals surface area contributed by atoms with Gasteiger partial charge in [-0.05, 0) is 33.0 Å². The van der Waals surface area contributed by atoms with Gasteiger partial charge in [-0.3, -0.25) is 9.69 Å². The fourth-order valence-corrected chi connectivity index (χ4v) is 1.84. The summed E-state index contributed by atoms with van der Waals surface area (Å²) in [5.74, 6) is -0.00549. The molecule has 0 saturated carbocycles. The molecule has 1 atom stereocenters. The van der Waals surface area contributed by atoms with E-state index >= 15 is 0 Å². The first-order chi connectivity index (χ1) is 8.85. The smallest absolute Gasteiger partial charge is 0.242 e. The Hall–Kier alpha value is -0.810. The van der Waals surface area contributed by atoms with Gasteiger partial charge in [-0.1, -0.05) is 37.3 Å². The molecule has 0 bridgehead atoms. The third-order valence-electron chi connectivity index (χ3n) is 3.02. The van der Waals surface area contributed by atoms with Crippen LogP contribution in [0, 0.1) is 0 Å². The Labute approximate surface area is 140 Å². The fraction of sp³-hybridized carbons (Fsp3) is 0.533. The zero-order valence-corrected chi connectivity index (χ0v) is 14.8. The van der Waals surface area contributed by atoms with Crippen molar-refractivity contribution in [2.75, 3.05) is 20.1 Å². The van der Waals surface area contributed by atoms with E-state index in [-0.39, 0.29) is 36.8 Å². The Balaban J connectivity index is 0. The maximum Gasteiger partial charge on any atom is 0.242 e. The van der Waals surface area contributed by atoms with Gasteiger partial charge in [-0.2, -0.15) is 0 Å². The molecule has 0 aromatic heterocycles. The van der Waals surface area contributed by atoms with Gasteiger partial charge in [0.25, 0.3) is 0 Å². The normalized spacial score (nSPS) is 12.1. The Bertz CT molecular complexity index is 407. The predicted molar refractivity (Wildman–Crippen MR) is 93.3 cm³/mol. The van der Waals surface area contributed by atoms with E-state index in [0.717, 1.165) is 12.1 Å². The quantitative estimate of drug-likeness (QED) is 0.839. The summed E-state index contributed by atoms with van der Waals surface area (Å²) in [6, 6.07) is 9.54. The SMILES string of the molecule is CCN(C)C(C(=O)NCC(C)(C)N)c1ccccc1.Cl.Cl. The number of hydrogen-bond donors (Lipinski definition) is 2. The molecular formula is C15H27Cl2N3O. The first-order valence-corrected chi connectivity index (χ1v) is 6.67. The largest absolute Gasteiger partial charge is 0.353 e. The van der Waals surface area contributed by atoms with Crippen LogP contribution in [0.2, 0.25) is 0 Å². The molecule has 1 rings (SSSR count). The van der Waals surface area contributed by atoms with Crippen LogP contribution < -0.4 is 11.1 Å². The van der Waals surface area contributed by atoms with E-state index in [1.165, 1.54) is 0 Å². The van der Waals surface area contributed by atoms with E-state index in [1.54, 1.807) is 0 Å². The molecule has 3 N–H and O–H groups in total. The van der Waals surface area contributed by atoms with E-state index in [1.807, 2.05) is 63.1 Å². The molecule has 1 amide bonds. The van der Waals surface area contributed by atoms with E-state index in [2.05, 4.69) is 5.32 Å². The minimum Gasteiger partial charge on any atom is -0.353 e. The standard InChI is InChI=1S/C15H25N3O.2ClH/c1-5-18(4)13(12-9-7-6-8-10-12)14(19)17-11-15(2,3)16;;/h6-10,13H,5,11,16H2,1-4H3,(H,17,19);2*1H. The average Bonchev–Trinajstić information content (AvgIpc) is 2.37. The number of halogens is 2. The lowest BCUT2D eigenvalue weighted by atomic mass is 10.0. The van der Waals surface area contributed by atoms with Gasteiger partial charge in [0.15, 0.2) is 0 Å². The van der Waals surface area contributed by atoms with Crippen molar-refractivity contribution >= 4 is 30.7 Å². The number of rotatable bonds is 6. The summed E-state index contributed by atoms with van der Waals surface area (Å²) in [6.45, 7) is 7.10. The van der Waals surface area contributed by atoms with Crippen molar-refractivity contribution in [3.63, 3.8) is 0 Å². The van der Waals surface area contributed by atoms with Gasteiger partial charge in [0.2, 0.25) is 5.91 Å². The van der Waals surface area contributed by atoms with Gasteiger partial charge in [-0.15, -0.1) is 24.8 Å². The van der Waals surface area contributed by atoms with Crippen molar-refractivity contribution in [3.8, 4) is 0 Å². The van der Waals surface area contributed by atoms with E-state index < -0.39 is 5.54 Å². The van der Waals surface area contributed by atoms with Crippen LogP contribution in [-0.2, 0) is 4.79 Å². The molecule has 0 spiro atoms. The van der Waals surface area contributed by atoms with Crippen LogP contribution >= 0.6 is 24.8 Å². The highest BCUT2D eigenvalue weighted by Crippen LogP contribution is 2.19. The van der Waals surface area contributed by atoms with Gasteiger partial charge in [0, 0.05) is 12.1 Å². The number of likely N-dealkylation sites (N-methyl/N-ethyl adjacent to an activating group) is 1. The number of amides is 1. The highest BCUT2D eigenvalue weighted by atomic mass is 35.5. The van der Waals surface area contributed by atoms with Crippen LogP contribution in [-0.4, -0.2) is 36.5 Å². The third-order valence-corrected chi connectivity index (χ3v) is 3.02. The zero-order valence-electron chi connectivity index (χ0n) is 13.1. The summed E-state index contributed by atoms with van der Waals surface area (Å²) in [4.78, 5) is 14.4. The number of hydrogen-bond acceptors (Lipinski definition) is 3. The van der Waals surface area contributed by atoms with Gasteiger partial charge in [-0.25, -0.2) is 0 Å². The lowest BCUT2D eigenvalue weighted by Gasteiger charge is -2.28. The Kier molecular flexibility index (Phi) is 10.7. The van der Waals surface area contributed by atoms with Crippen molar-refractivity contribution in [1.82, 2.24) is 10.2 Å². The summed E-state index contributed by atoms with van der Waals surface area (Å²) in [5, 5.41) is 2.93. The van der Waals surface area contributed by atoms with Crippen molar-refractivity contribution in [2.24, 2.45) is 5.73 Å². The molecule has 0 aliphatic rings. The van der Waals surface area contributed by atoms with E-state index in [9.17, 15) is 4.79 Å². The number of nitrogens with zero attached hydrogens (tertiary/aromatic N) is 1. The lowest BCUT2D eigenvalue weighted by Crippen LogP contribution is -2.48. The molecule has 0 radical (unpaired) electrons. The van der Waals surface area contributed by atoms with E-state index in [0.29, 0.717) is 6.54 Å². The van der Waals surface area contributed by atoms with Gasteiger partial charge < -0.3 is 11.1 Å². The fourth-order valence-electron chi connectivity index (χ4n) is 1.84. The maximum atomic E-state index is 12.4. The molecule has 0 saturated heterocycles. The maximum absolute atomic E-state index is 12.4. The third kappa shape index (κ3) is 7.67. The molecule has 0 aliphatic heterocycles. The monoisotopic (exact) mass is 335 g/mol. The van der Waals surface area contributed by atoms with Gasteiger partial charge in [0.1, 0.15) is 6.04 Å². The second-order valence-electron chi connectivity index (χ2n) is 5.59. The average molecular weight is 336 g/mol. The van der Waals surface area contributed by atoms with Crippen molar-refractivity contribution in [2.45, 2.75) is 32.4 Å². The van der Waals surface area contributed by atoms with Crippen molar-refractivity contribution < 1.29 is 4.79 Å². The lowest BCUT2D eigenvalue weighted by molar-refractivity contribution is -0.126. The van der Waals surface area contributed by atoms with Crippen molar-refractivity contribution in [3.05, 3.63) is 35.9 Å². The summed E-state index contributed by atoms with van der Waals surface area (Å²) in [6.07, 6.45) is 0. The zero-order chi connectivity index (χ0) is 14.5. The molecule has 122 valence electrons. The molecule has 1 aromatic rings. The predicted octanol–water partition coefficient (Wildman–Crippen LogP) is 2.38. The van der Waals surface area contributed by atoms with Gasteiger partial charge >= 0.3 is 0 Å². The first-order valence-electron chi connectivity index (χ1n) is 6.67. The summed E-state index contributed by atoms with van der Waals surface area (Å²) >= 11 is 0. The highest BCUT2D eigenvalue weighted by molar-refractivity contribution is 5.85. The molecule has 21 heavy (non-hydrogen) atoms. The first kappa shape index (κ1) is 22.5. The summed E-state index contributed by atoms with van der Waals surface area (Å²) < 4.78 is 0. The number of nitrogens with two attached hydrogens (primary N) is 1. The van der Waals surface area contributed by atoms with E-state index in [4.69, 9.17) is 5.73 Å². The molecular weight excluding hydrogens is 309 g/mol. The molecule has 1 aromatic carbocycles. The Morgan fingerprint density at radius 2 is 1.81 bits per heavy atom. The Morgan fingerprint density at radius 3 is 2.24 bits per heavy atom. The molecule has 0 heterocycles. The van der Waals surface area contributed by atoms with Crippen LogP contribution in [0.1, 0.15) is 32.4 Å². The molecule has 0 aliphatic carbocycles. The number of nitrogens with one attached hydrogen (secondary N) is 1. The van der Waals surface area contributed by atoms with Crippen molar-refractivity contribution in [1.29, 1.82) is 0 Å². The minimum absolute atomic E-state index is 0. The summed E-state index contributed by atoms with van der Waals surface area (Å²) in [5.41, 5.74) is 6.50. The van der Waals surface area contributed by atoms with Crippen LogP contribution in [0.25, 0.3) is 0 Å². The second-order valence-corrected chi connectivity index (χ2v) is 5.59. The number of carbonyl (C=O) groups excluding carboxylic acids is 1. The molecule has 6 heteroatoms. The van der Waals surface area contributed by atoms with Crippen LogP contribution in [0.5, 0.6) is 0 Å². The van der Waals surface area contributed by atoms with Crippen LogP contribution in [0.4, 0.5) is 0 Å². The summed E-state index contributed by atoms with van der Waals surface area (Å²) in [7, 11) is 1.95. The molecule has 4 nitrogen and oxygen atoms in total. The highest BCUT2D eigenvalue weighted by Gasteiger charge is 2.25. The topological polar surface area (TPSA) is 58.4 Å². The van der Waals surface area contributed by atoms with Crippen LogP contribution in [0.3, 0.4) is 0 Å². The van der Waals surface area contributed by atoms with Gasteiger partial charge in [0.05, 0.1) is 0 Å². The Morgan fingerprint density at radius 1 is 1.29 bits per heavy atom. The number of carbonyl (C=O) groups is 1. The minimum atomic E-state index is -0.401. The molecule has 0 fully saturated rings. The number of benzene rings is 1.